The first-order valence-electron chi connectivity index (χ1n) is 4.77. The van der Waals surface area contributed by atoms with Crippen molar-refractivity contribution in [2.45, 2.75) is 6.92 Å². The van der Waals surface area contributed by atoms with Gasteiger partial charge < -0.3 is 10.1 Å². The summed E-state index contributed by atoms with van der Waals surface area (Å²) in [5.41, 5.74) is 2.84. The van der Waals surface area contributed by atoms with Gasteiger partial charge in [-0.1, -0.05) is 23.7 Å². The molecule has 0 radical (unpaired) electrons. The Hall–Kier alpha value is -1.74. The summed E-state index contributed by atoms with van der Waals surface area (Å²) < 4.78 is 0. The second-order valence-corrected chi connectivity index (χ2v) is 3.99. The third-order valence-corrected chi connectivity index (χ3v) is 2.63. The van der Waals surface area contributed by atoms with Crippen molar-refractivity contribution in [3.8, 4) is 11.3 Å². The van der Waals surface area contributed by atoms with Crippen molar-refractivity contribution in [1.82, 2.24) is 4.98 Å². The van der Waals surface area contributed by atoms with Crippen LogP contribution in [0.4, 0.5) is 0 Å². The summed E-state index contributed by atoms with van der Waals surface area (Å²) in [6.07, 6.45) is 0. The lowest BCUT2D eigenvalue weighted by atomic mass is 10.1. The molecule has 0 aliphatic heterocycles. The number of rotatable bonds is 2. The molecule has 1 aromatic carbocycles. The number of carboxylic acid groups (broad SMARTS) is 1. The van der Waals surface area contributed by atoms with Crippen LogP contribution >= 0.6 is 11.6 Å². The minimum absolute atomic E-state index is 0.197. The van der Waals surface area contributed by atoms with Crippen LogP contribution in [-0.2, 0) is 0 Å². The van der Waals surface area contributed by atoms with Gasteiger partial charge in [-0.05, 0) is 36.2 Å². The highest BCUT2D eigenvalue weighted by molar-refractivity contribution is 6.30. The van der Waals surface area contributed by atoms with E-state index in [1.807, 2.05) is 19.1 Å². The summed E-state index contributed by atoms with van der Waals surface area (Å²) in [4.78, 5) is 13.7. The van der Waals surface area contributed by atoms with Crippen LogP contribution in [-0.4, -0.2) is 16.1 Å². The Labute approximate surface area is 97.7 Å². The third kappa shape index (κ3) is 1.95. The number of aryl methyl sites for hydroxylation is 1. The molecule has 0 unspecified atom stereocenters. The molecule has 4 heteroatoms. The van der Waals surface area contributed by atoms with E-state index in [1.54, 1.807) is 18.2 Å². The maximum absolute atomic E-state index is 10.8. The predicted octanol–water partition coefficient (Wildman–Crippen LogP) is 3.34. The van der Waals surface area contributed by atoms with Gasteiger partial charge in [0.1, 0.15) is 5.69 Å². The molecule has 0 fully saturated rings. The first-order chi connectivity index (χ1) is 7.58. The topological polar surface area (TPSA) is 53.1 Å². The van der Waals surface area contributed by atoms with Crippen molar-refractivity contribution in [2.75, 3.05) is 0 Å². The zero-order valence-corrected chi connectivity index (χ0v) is 9.38. The highest BCUT2D eigenvalue weighted by Crippen LogP contribution is 2.24. The quantitative estimate of drug-likeness (QED) is 0.839. The lowest BCUT2D eigenvalue weighted by Crippen LogP contribution is -1.95. The van der Waals surface area contributed by atoms with E-state index in [4.69, 9.17) is 16.7 Å². The van der Waals surface area contributed by atoms with E-state index in [9.17, 15) is 4.79 Å². The highest BCUT2D eigenvalue weighted by Gasteiger charge is 2.10. The maximum Gasteiger partial charge on any atom is 0.352 e. The molecule has 0 aliphatic carbocycles. The molecule has 2 rings (SSSR count). The van der Waals surface area contributed by atoms with Gasteiger partial charge in [-0.25, -0.2) is 4.79 Å². The Morgan fingerprint density at radius 3 is 2.44 bits per heavy atom. The Morgan fingerprint density at radius 1 is 1.31 bits per heavy atom. The molecule has 1 aromatic heterocycles. The van der Waals surface area contributed by atoms with E-state index >= 15 is 0 Å². The van der Waals surface area contributed by atoms with Gasteiger partial charge in [0, 0.05) is 10.7 Å². The van der Waals surface area contributed by atoms with Gasteiger partial charge in [-0.15, -0.1) is 0 Å². The summed E-state index contributed by atoms with van der Waals surface area (Å²) in [5, 5.41) is 9.52. The Bertz CT molecular complexity index is 528. The van der Waals surface area contributed by atoms with Crippen LogP contribution in [0.1, 0.15) is 16.1 Å². The summed E-state index contributed by atoms with van der Waals surface area (Å²) in [5.74, 6) is -0.955. The van der Waals surface area contributed by atoms with E-state index in [0.29, 0.717) is 5.02 Å². The van der Waals surface area contributed by atoms with Crippen LogP contribution in [0.15, 0.2) is 30.3 Å². The predicted molar refractivity (Wildman–Crippen MR) is 62.9 cm³/mol. The number of hydrogen-bond donors (Lipinski definition) is 2. The van der Waals surface area contributed by atoms with Crippen LogP contribution in [0.3, 0.4) is 0 Å². The number of aromatic nitrogens is 1. The maximum atomic E-state index is 10.8. The molecule has 2 N–H and O–H groups in total. The van der Waals surface area contributed by atoms with Crippen LogP contribution in [0, 0.1) is 6.92 Å². The molecular weight excluding hydrogens is 226 g/mol. The molecule has 0 spiro atoms. The van der Waals surface area contributed by atoms with Gasteiger partial charge in [0.15, 0.2) is 0 Å². The standard InChI is InChI=1S/C12H10ClNO2/c1-7-6-10(12(15)16)14-11(7)8-2-4-9(13)5-3-8/h2-6,14H,1H3,(H,15,16). The molecule has 0 saturated carbocycles. The minimum Gasteiger partial charge on any atom is -0.477 e. The monoisotopic (exact) mass is 235 g/mol. The van der Waals surface area contributed by atoms with Gasteiger partial charge >= 0.3 is 5.97 Å². The fourth-order valence-corrected chi connectivity index (χ4v) is 1.72. The van der Waals surface area contributed by atoms with Crippen LogP contribution in [0.25, 0.3) is 11.3 Å². The fraction of sp³-hybridized carbons (Fsp3) is 0.0833. The van der Waals surface area contributed by atoms with E-state index in [-0.39, 0.29) is 5.69 Å². The molecule has 1 heterocycles. The van der Waals surface area contributed by atoms with E-state index in [1.165, 1.54) is 0 Å². The molecule has 16 heavy (non-hydrogen) atoms. The average Bonchev–Trinajstić information content (AvgIpc) is 2.62. The molecule has 0 amide bonds. The Kier molecular flexibility index (Phi) is 2.71. The lowest BCUT2D eigenvalue weighted by molar-refractivity contribution is 0.0691. The SMILES string of the molecule is Cc1cc(C(=O)O)[nH]c1-c1ccc(Cl)cc1. The molecule has 82 valence electrons. The van der Waals surface area contributed by atoms with Crippen molar-refractivity contribution in [3.05, 3.63) is 46.6 Å². The van der Waals surface area contributed by atoms with Gasteiger partial charge in [0.25, 0.3) is 0 Å². The smallest absolute Gasteiger partial charge is 0.352 e. The zero-order valence-electron chi connectivity index (χ0n) is 8.62. The van der Waals surface area contributed by atoms with E-state index in [2.05, 4.69) is 4.98 Å². The highest BCUT2D eigenvalue weighted by atomic mass is 35.5. The molecular formula is C12H10ClNO2. The first kappa shape index (κ1) is 10.8. The number of H-pyrrole nitrogens is 1. The normalized spacial score (nSPS) is 10.4. The second-order valence-electron chi connectivity index (χ2n) is 3.55. The van der Waals surface area contributed by atoms with Gasteiger partial charge in [0.05, 0.1) is 0 Å². The van der Waals surface area contributed by atoms with E-state index in [0.717, 1.165) is 16.8 Å². The molecule has 2 aromatic rings. The summed E-state index contributed by atoms with van der Waals surface area (Å²) >= 11 is 5.79. The number of aromatic carboxylic acids is 1. The molecule has 0 atom stereocenters. The number of aromatic amines is 1. The molecule has 0 aliphatic rings. The van der Waals surface area contributed by atoms with Crippen molar-refractivity contribution in [2.24, 2.45) is 0 Å². The van der Waals surface area contributed by atoms with Crippen molar-refractivity contribution < 1.29 is 9.90 Å². The Morgan fingerprint density at radius 2 is 1.94 bits per heavy atom. The summed E-state index contributed by atoms with van der Waals surface area (Å²) in [6, 6.07) is 8.88. The van der Waals surface area contributed by atoms with Gasteiger partial charge in [0.2, 0.25) is 0 Å². The van der Waals surface area contributed by atoms with Gasteiger partial charge in [-0.2, -0.15) is 0 Å². The number of carbonyl (C=O) groups is 1. The van der Waals surface area contributed by atoms with Gasteiger partial charge in [-0.3, -0.25) is 0 Å². The number of benzene rings is 1. The largest absolute Gasteiger partial charge is 0.477 e. The summed E-state index contributed by atoms with van der Waals surface area (Å²) in [6.45, 7) is 1.87. The Balaban J connectivity index is 2.47. The number of carboxylic acids is 1. The summed E-state index contributed by atoms with van der Waals surface area (Å²) in [7, 11) is 0. The molecule has 0 bridgehead atoms. The number of halogens is 1. The average molecular weight is 236 g/mol. The molecule has 3 nitrogen and oxygen atoms in total. The third-order valence-electron chi connectivity index (χ3n) is 2.38. The van der Waals surface area contributed by atoms with Crippen LogP contribution in [0.5, 0.6) is 0 Å². The van der Waals surface area contributed by atoms with Crippen molar-refractivity contribution in [3.63, 3.8) is 0 Å². The zero-order chi connectivity index (χ0) is 11.7. The van der Waals surface area contributed by atoms with Crippen LogP contribution in [0.2, 0.25) is 5.02 Å². The first-order valence-corrected chi connectivity index (χ1v) is 5.14. The van der Waals surface area contributed by atoms with Crippen molar-refractivity contribution >= 4 is 17.6 Å². The van der Waals surface area contributed by atoms with E-state index < -0.39 is 5.97 Å². The fourth-order valence-electron chi connectivity index (χ4n) is 1.59. The number of nitrogens with one attached hydrogen (secondary N) is 1. The lowest BCUT2D eigenvalue weighted by Gasteiger charge is -2.00. The molecule has 0 saturated heterocycles. The van der Waals surface area contributed by atoms with Crippen molar-refractivity contribution in [1.29, 1.82) is 0 Å². The number of hydrogen-bond acceptors (Lipinski definition) is 1. The second kappa shape index (κ2) is 4.02. The van der Waals surface area contributed by atoms with Crippen LogP contribution < -0.4 is 0 Å². The minimum atomic E-state index is -0.955.